The molecule has 1 amide bonds. The van der Waals surface area contributed by atoms with Crippen molar-refractivity contribution >= 4 is 17.4 Å². The van der Waals surface area contributed by atoms with Crippen molar-refractivity contribution in [3.05, 3.63) is 41.7 Å². The van der Waals surface area contributed by atoms with Crippen LogP contribution in [0.3, 0.4) is 0 Å². The molecule has 1 aromatic rings. The van der Waals surface area contributed by atoms with E-state index in [2.05, 4.69) is 5.32 Å². The van der Waals surface area contributed by atoms with Gasteiger partial charge in [-0.15, -0.1) is 0 Å². The van der Waals surface area contributed by atoms with E-state index in [9.17, 15) is 9.59 Å². The average molecular weight is 261 g/mol. The second-order valence-electron chi connectivity index (χ2n) is 3.94. The molecule has 0 unspecified atom stereocenters. The molecule has 19 heavy (non-hydrogen) atoms. The standard InChI is InChI=1S/C14H15NO4/c1-2-18-12(16)8-11-13(14(17)15-9-19-11)10-6-4-3-5-7-10/h3-7H,2,8-9H2,1H3,(H,15,17). The maximum Gasteiger partial charge on any atom is 0.313 e. The van der Waals surface area contributed by atoms with Crippen LogP contribution in [0.25, 0.3) is 5.57 Å². The Kier molecular flexibility index (Phi) is 4.18. The number of hydrogen-bond donors (Lipinski definition) is 1. The molecule has 0 aromatic heterocycles. The van der Waals surface area contributed by atoms with Crippen LogP contribution in [0.5, 0.6) is 0 Å². The van der Waals surface area contributed by atoms with Gasteiger partial charge in [-0.25, -0.2) is 0 Å². The van der Waals surface area contributed by atoms with Crippen molar-refractivity contribution in [1.82, 2.24) is 5.32 Å². The van der Waals surface area contributed by atoms with E-state index in [1.54, 1.807) is 19.1 Å². The highest BCUT2D eigenvalue weighted by Gasteiger charge is 2.25. The smallest absolute Gasteiger partial charge is 0.313 e. The number of carbonyl (C=O) groups excluding carboxylic acids is 2. The number of rotatable bonds is 4. The third-order valence-electron chi connectivity index (χ3n) is 2.66. The Labute approximate surface area is 111 Å². The summed E-state index contributed by atoms with van der Waals surface area (Å²) in [4.78, 5) is 23.5. The van der Waals surface area contributed by atoms with Crippen LogP contribution in [0.15, 0.2) is 36.1 Å². The molecule has 100 valence electrons. The summed E-state index contributed by atoms with van der Waals surface area (Å²) in [6.45, 7) is 2.11. The fourth-order valence-corrected chi connectivity index (χ4v) is 1.86. The minimum atomic E-state index is -0.402. The first kappa shape index (κ1) is 13.1. The van der Waals surface area contributed by atoms with E-state index in [1.165, 1.54) is 0 Å². The summed E-state index contributed by atoms with van der Waals surface area (Å²) >= 11 is 0. The molecular weight excluding hydrogens is 246 g/mol. The molecule has 0 atom stereocenters. The minimum Gasteiger partial charge on any atom is -0.476 e. The van der Waals surface area contributed by atoms with Crippen molar-refractivity contribution in [1.29, 1.82) is 0 Å². The molecule has 1 aliphatic rings. The van der Waals surface area contributed by atoms with Gasteiger partial charge in [0.25, 0.3) is 5.91 Å². The van der Waals surface area contributed by atoms with Gasteiger partial charge in [0.2, 0.25) is 0 Å². The number of amides is 1. The van der Waals surface area contributed by atoms with Crippen LogP contribution >= 0.6 is 0 Å². The van der Waals surface area contributed by atoms with E-state index < -0.39 is 5.97 Å². The van der Waals surface area contributed by atoms with Crippen LogP contribution in [0.4, 0.5) is 0 Å². The van der Waals surface area contributed by atoms with E-state index in [1.807, 2.05) is 18.2 Å². The van der Waals surface area contributed by atoms with E-state index in [0.717, 1.165) is 5.56 Å². The van der Waals surface area contributed by atoms with Crippen molar-refractivity contribution in [2.75, 3.05) is 13.3 Å². The van der Waals surface area contributed by atoms with E-state index in [0.29, 0.717) is 17.9 Å². The van der Waals surface area contributed by atoms with Gasteiger partial charge in [0.1, 0.15) is 12.2 Å². The number of nitrogens with one attached hydrogen (secondary N) is 1. The lowest BCUT2D eigenvalue weighted by atomic mass is 10.0. The van der Waals surface area contributed by atoms with Gasteiger partial charge in [-0.05, 0) is 12.5 Å². The molecule has 5 nitrogen and oxygen atoms in total. The van der Waals surface area contributed by atoms with Gasteiger partial charge in [-0.2, -0.15) is 0 Å². The molecule has 5 heteroatoms. The number of carbonyl (C=O) groups is 2. The molecule has 0 saturated heterocycles. The summed E-state index contributed by atoms with van der Waals surface area (Å²) in [5.41, 5.74) is 1.11. The predicted molar refractivity (Wildman–Crippen MR) is 68.7 cm³/mol. The Balaban J connectivity index is 2.33. The van der Waals surface area contributed by atoms with Gasteiger partial charge < -0.3 is 14.8 Å². The summed E-state index contributed by atoms with van der Waals surface area (Å²) in [7, 11) is 0. The first-order valence-corrected chi connectivity index (χ1v) is 6.07. The highest BCUT2D eigenvalue weighted by atomic mass is 16.5. The maximum absolute atomic E-state index is 11.9. The lowest BCUT2D eigenvalue weighted by Crippen LogP contribution is -2.33. The second-order valence-corrected chi connectivity index (χ2v) is 3.94. The Morgan fingerprint density at radius 1 is 1.37 bits per heavy atom. The van der Waals surface area contributed by atoms with Crippen LogP contribution < -0.4 is 5.32 Å². The summed E-state index contributed by atoms with van der Waals surface area (Å²) in [5, 5.41) is 2.59. The van der Waals surface area contributed by atoms with Gasteiger partial charge in [-0.1, -0.05) is 30.3 Å². The van der Waals surface area contributed by atoms with Crippen molar-refractivity contribution in [3.63, 3.8) is 0 Å². The highest BCUT2D eigenvalue weighted by Crippen LogP contribution is 2.24. The first-order chi connectivity index (χ1) is 9.22. The molecule has 1 aliphatic heterocycles. The monoisotopic (exact) mass is 261 g/mol. The molecule has 1 aromatic carbocycles. The summed E-state index contributed by atoms with van der Waals surface area (Å²) < 4.78 is 10.3. The van der Waals surface area contributed by atoms with Crippen LogP contribution in [-0.4, -0.2) is 25.2 Å². The van der Waals surface area contributed by atoms with Crippen molar-refractivity contribution in [2.45, 2.75) is 13.3 Å². The molecule has 0 spiro atoms. The van der Waals surface area contributed by atoms with Gasteiger partial charge in [-0.3, -0.25) is 9.59 Å². The quantitative estimate of drug-likeness (QED) is 0.833. The van der Waals surface area contributed by atoms with Crippen molar-refractivity contribution in [3.8, 4) is 0 Å². The van der Waals surface area contributed by atoms with E-state index in [4.69, 9.17) is 9.47 Å². The first-order valence-electron chi connectivity index (χ1n) is 6.07. The molecule has 0 saturated carbocycles. The SMILES string of the molecule is CCOC(=O)CC1=C(c2ccccc2)C(=O)NCO1. The number of hydrogen-bond acceptors (Lipinski definition) is 4. The molecule has 0 aliphatic carbocycles. The number of esters is 1. The zero-order valence-corrected chi connectivity index (χ0v) is 10.6. The van der Waals surface area contributed by atoms with Gasteiger partial charge in [0, 0.05) is 0 Å². The zero-order chi connectivity index (χ0) is 13.7. The Hall–Kier alpha value is -2.30. The minimum absolute atomic E-state index is 0.0362. The summed E-state index contributed by atoms with van der Waals surface area (Å²) in [6.07, 6.45) is -0.0362. The topological polar surface area (TPSA) is 64.6 Å². The fourth-order valence-electron chi connectivity index (χ4n) is 1.86. The number of benzene rings is 1. The normalized spacial score (nSPS) is 14.7. The molecule has 1 heterocycles. The molecule has 0 bridgehead atoms. The van der Waals surface area contributed by atoms with Gasteiger partial charge in [0.15, 0.2) is 6.73 Å². The Morgan fingerprint density at radius 2 is 2.11 bits per heavy atom. The van der Waals surface area contributed by atoms with E-state index >= 15 is 0 Å². The largest absolute Gasteiger partial charge is 0.476 e. The Morgan fingerprint density at radius 3 is 2.79 bits per heavy atom. The zero-order valence-electron chi connectivity index (χ0n) is 10.6. The van der Waals surface area contributed by atoms with E-state index in [-0.39, 0.29) is 19.1 Å². The molecule has 0 radical (unpaired) electrons. The number of ether oxygens (including phenoxy) is 2. The van der Waals surface area contributed by atoms with Gasteiger partial charge >= 0.3 is 5.97 Å². The average Bonchev–Trinajstić information content (AvgIpc) is 2.40. The summed E-state index contributed by atoms with van der Waals surface area (Å²) in [5.74, 6) is -0.286. The fraction of sp³-hybridized carbons (Fsp3) is 0.286. The van der Waals surface area contributed by atoms with Crippen LogP contribution in [0.1, 0.15) is 18.9 Å². The molecule has 0 fully saturated rings. The van der Waals surface area contributed by atoms with Crippen LogP contribution in [-0.2, 0) is 19.1 Å². The predicted octanol–water partition coefficient (Wildman–Crippen LogP) is 1.45. The Bertz CT molecular complexity index is 507. The molecule has 2 rings (SSSR count). The van der Waals surface area contributed by atoms with Gasteiger partial charge in [0.05, 0.1) is 12.2 Å². The highest BCUT2D eigenvalue weighted by molar-refractivity contribution is 6.20. The second kappa shape index (κ2) is 6.04. The third kappa shape index (κ3) is 3.13. The van der Waals surface area contributed by atoms with Crippen LogP contribution in [0, 0.1) is 0 Å². The summed E-state index contributed by atoms with van der Waals surface area (Å²) in [6, 6.07) is 9.11. The molecule has 1 N–H and O–H groups in total. The van der Waals surface area contributed by atoms with Crippen molar-refractivity contribution in [2.24, 2.45) is 0 Å². The van der Waals surface area contributed by atoms with Crippen molar-refractivity contribution < 1.29 is 19.1 Å². The maximum atomic E-state index is 11.9. The van der Waals surface area contributed by atoms with Crippen LogP contribution in [0.2, 0.25) is 0 Å². The molecular formula is C14H15NO4. The lowest BCUT2D eigenvalue weighted by molar-refractivity contribution is -0.143. The third-order valence-corrected chi connectivity index (χ3v) is 2.66. The lowest BCUT2D eigenvalue weighted by Gasteiger charge is -2.21.